The molecule has 22 heavy (non-hydrogen) atoms. The van der Waals surface area contributed by atoms with Crippen molar-refractivity contribution in [1.82, 2.24) is 20.4 Å². The zero-order valence-electron chi connectivity index (χ0n) is 12.8. The minimum Gasteiger partial charge on any atom is -0.481 e. The van der Waals surface area contributed by atoms with Crippen LogP contribution in [0.5, 0.6) is 0 Å². The van der Waals surface area contributed by atoms with E-state index in [2.05, 4.69) is 20.4 Å². The van der Waals surface area contributed by atoms with Gasteiger partial charge in [0.15, 0.2) is 5.69 Å². The number of carbonyl (C=O) groups is 2. The maximum atomic E-state index is 12.4. The molecule has 0 radical (unpaired) electrons. The molecule has 1 aliphatic carbocycles. The average Bonchev–Trinajstić information content (AvgIpc) is 2.90. The number of fused-ring (bicyclic) bond motifs is 1. The molecule has 1 aliphatic heterocycles. The van der Waals surface area contributed by atoms with E-state index in [1.165, 1.54) is 0 Å². The largest absolute Gasteiger partial charge is 0.481 e. The SMILES string of the molecule is CN1CCc2[nH]nc(C(=O)NC3CCC(C(=O)O)CC3)c2C1. The van der Waals surface area contributed by atoms with Crippen molar-refractivity contribution in [2.75, 3.05) is 13.6 Å². The number of amides is 1. The second-order valence-electron chi connectivity index (χ2n) is 6.38. The molecule has 0 unspecified atom stereocenters. The Balaban J connectivity index is 1.62. The summed E-state index contributed by atoms with van der Waals surface area (Å²) in [6.07, 6.45) is 3.57. The molecule has 0 spiro atoms. The van der Waals surface area contributed by atoms with Crippen molar-refractivity contribution in [2.24, 2.45) is 5.92 Å². The van der Waals surface area contributed by atoms with Crippen LogP contribution in [0.3, 0.4) is 0 Å². The molecular formula is C15H22N4O3. The van der Waals surface area contributed by atoms with Crippen LogP contribution in [-0.4, -0.2) is 51.7 Å². The molecule has 0 saturated heterocycles. The lowest BCUT2D eigenvalue weighted by atomic mass is 9.86. The third-order valence-corrected chi connectivity index (χ3v) is 4.75. The first-order valence-corrected chi connectivity index (χ1v) is 7.83. The van der Waals surface area contributed by atoms with E-state index in [9.17, 15) is 9.59 Å². The summed E-state index contributed by atoms with van der Waals surface area (Å²) in [6, 6.07) is 0.0526. The van der Waals surface area contributed by atoms with Crippen molar-refractivity contribution >= 4 is 11.9 Å². The number of carbonyl (C=O) groups excluding carboxylic acids is 1. The highest BCUT2D eigenvalue weighted by Gasteiger charge is 2.29. The Morgan fingerprint density at radius 3 is 2.73 bits per heavy atom. The van der Waals surface area contributed by atoms with Crippen LogP contribution in [0.2, 0.25) is 0 Å². The Hall–Kier alpha value is -1.89. The number of nitrogens with one attached hydrogen (secondary N) is 2. The zero-order valence-corrected chi connectivity index (χ0v) is 12.8. The molecular weight excluding hydrogens is 284 g/mol. The van der Waals surface area contributed by atoms with E-state index in [-0.39, 0.29) is 17.9 Å². The molecule has 2 heterocycles. The molecule has 1 aromatic heterocycles. The summed E-state index contributed by atoms with van der Waals surface area (Å²) in [6.45, 7) is 1.70. The number of aliphatic carboxylic acids is 1. The Labute approximate surface area is 129 Å². The van der Waals surface area contributed by atoms with Gasteiger partial charge < -0.3 is 15.3 Å². The van der Waals surface area contributed by atoms with Crippen molar-refractivity contribution < 1.29 is 14.7 Å². The lowest BCUT2D eigenvalue weighted by Gasteiger charge is -2.27. The molecule has 1 aromatic rings. The van der Waals surface area contributed by atoms with Gasteiger partial charge in [0.1, 0.15) is 0 Å². The predicted octanol–water partition coefficient (Wildman–Crippen LogP) is 0.771. The first-order valence-electron chi connectivity index (χ1n) is 7.83. The van der Waals surface area contributed by atoms with Crippen LogP contribution in [0.1, 0.15) is 47.4 Å². The Morgan fingerprint density at radius 2 is 2.05 bits per heavy atom. The van der Waals surface area contributed by atoms with Gasteiger partial charge in [-0.25, -0.2) is 0 Å². The molecule has 0 bridgehead atoms. The number of aromatic amines is 1. The van der Waals surface area contributed by atoms with Crippen LogP contribution < -0.4 is 5.32 Å². The molecule has 3 rings (SSSR count). The van der Waals surface area contributed by atoms with Gasteiger partial charge in [0, 0.05) is 36.8 Å². The number of carboxylic acid groups (broad SMARTS) is 1. The number of carboxylic acids is 1. The Morgan fingerprint density at radius 1 is 1.32 bits per heavy atom. The van der Waals surface area contributed by atoms with Gasteiger partial charge >= 0.3 is 5.97 Å². The summed E-state index contributed by atoms with van der Waals surface area (Å²) in [4.78, 5) is 25.6. The van der Waals surface area contributed by atoms with Gasteiger partial charge in [0.2, 0.25) is 0 Å². The molecule has 1 saturated carbocycles. The lowest BCUT2D eigenvalue weighted by Crippen LogP contribution is -2.39. The van der Waals surface area contributed by atoms with Crippen LogP contribution in [-0.2, 0) is 17.8 Å². The van der Waals surface area contributed by atoms with E-state index in [0.717, 1.165) is 43.6 Å². The van der Waals surface area contributed by atoms with Gasteiger partial charge in [0.25, 0.3) is 5.91 Å². The van der Waals surface area contributed by atoms with Crippen molar-refractivity contribution in [3.8, 4) is 0 Å². The second-order valence-corrected chi connectivity index (χ2v) is 6.38. The highest BCUT2D eigenvalue weighted by atomic mass is 16.4. The number of rotatable bonds is 3. The van der Waals surface area contributed by atoms with Gasteiger partial charge in [-0.1, -0.05) is 0 Å². The fourth-order valence-electron chi connectivity index (χ4n) is 3.36. The first kappa shape index (κ1) is 15.0. The quantitative estimate of drug-likeness (QED) is 0.766. The van der Waals surface area contributed by atoms with Gasteiger partial charge in [-0.15, -0.1) is 0 Å². The smallest absolute Gasteiger partial charge is 0.306 e. The fourth-order valence-corrected chi connectivity index (χ4v) is 3.36. The van der Waals surface area contributed by atoms with E-state index < -0.39 is 5.97 Å². The van der Waals surface area contributed by atoms with Crippen molar-refractivity contribution in [3.63, 3.8) is 0 Å². The van der Waals surface area contributed by atoms with Gasteiger partial charge in [-0.3, -0.25) is 14.7 Å². The summed E-state index contributed by atoms with van der Waals surface area (Å²) in [7, 11) is 2.03. The molecule has 0 aromatic carbocycles. The normalized spacial score (nSPS) is 25.5. The van der Waals surface area contributed by atoms with Crippen molar-refractivity contribution in [1.29, 1.82) is 0 Å². The highest BCUT2D eigenvalue weighted by molar-refractivity contribution is 5.94. The molecule has 0 atom stereocenters. The van der Waals surface area contributed by atoms with E-state index in [1.807, 2.05) is 7.05 Å². The molecule has 7 heteroatoms. The molecule has 120 valence electrons. The molecule has 7 nitrogen and oxygen atoms in total. The van der Waals surface area contributed by atoms with Crippen LogP contribution in [0.4, 0.5) is 0 Å². The van der Waals surface area contributed by atoms with E-state index in [4.69, 9.17) is 5.11 Å². The van der Waals surface area contributed by atoms with E-state index >= 15 is 0 Å². The number of hydrogen-bond donors (Lipinski definition) is 3. The lowest BCUT2D eigenvalue weighted by molar-refractivity contribution is -0.142. The van der Waals surface area contributed by atoms with Crippen LogP contribution in [0.15, 0.2) is 0 Å². The average molecular weight is 306 g/mol. The van der Waals surface area contributed by atoms with Gasteiger partial charge in [0.05, 0.1) is 5.92 Å². The van der Waals surface area contributed by atoms with E-state index in [0.29, 0.717) is 18.5 Å². The standard InChI is InChI=1S/C15H22N4O3/c1-19-7-6-12-11(8-19)13(18-17-12)14(20)16-10-4-2-9(3-5-10)15(21)22/h9-10H,2-8H2,1H3,(H,16,20)(H,17,18)(H,21,22). The Bertz CT molecular complexity index is 575. The number of hydrogen-bond acceptors (Lipinski definition) is 4. The number of aromatic nitrogens is 2. The van der Waals surface area contributed by atoms with Gasteiger partial charge in [-0.2, -0.15) is 5.10 Å². The van der Waals surface area contributed by atoms with Crippen LogP contribution in [0.25, 0.3) is 0 Å². The van der Waals surface area contributed by atoms with Crippen molar-refractivity contribution in [3.05, 3.63) is 17.0 Å². The highest BCUT2D eigenvalue weighted by Crippen LogP contribution is 2.25. The zero-order chi connectivity index (χ0) is 15.7. The molecule has 1 amide bonds. The van der Waals surface area contributed by atoms with Crippen LogP contribution in [0, 0.1) is 5.92 Å². The first-order chi connectivity index (χ1) is 10.5. The van der Waals surface area contributed by atoms with Crippen molar-refractivity contribution in [2.45, 2.75) is 44.7 Å². The molecule has 1 fully saturated rings. The maximum absolute atomic E-state index is 12.4. The third-order valence-electron chi connectivity index (χ3n) is 4.75. The molecule has 3 N–H and O–H groups in total. The minimum atomic E-state index is -0.728. The third kappa shape index (κ3) is 2.99. The maximum Gasteiger partial charge on any atom is 0.306 e. The second kappa shape index (κ2) is 6.08. The summed E-state index contributed by atoms with van der Waals surface area (Å²) >= 11 is 0. The Kier molecular flexibility index (Phi) is 4.15. The summed E-state index contributed by atoms with van der Waals surface area (Å²) < 4.78 is 0. The molecule has 2 aliphatic rings. The van der Waals surface area contributed by atoms with Crippen LogP contribution >= 0.6 is 0 Å². The number of H-pyrrole nitrogens is 1. The summed E-state index contributed by atoms with van der Waals surface area (Å²) in [5, 5.41) is 19.2. The number of likely N-dealkylation sites (N-methyl/N-ethyl adjacent to an activating group) is 1. The minimum absolute atomic E-state index is 0.0526. The van der Waals surface area contributed by atoms with Gasteiger partial charge in [-0.05, 0) is 32.7 Å². The topological polar surface area (TPSA) is 98.3 Å². The monoisotopic (exact) mass is 306 g/mol. The number of nitrogens with zero attached hydrogens (tertiary/aromatic N) is 2. The van der Waals surface area contributed by atoms with E-state index in [1.54, 1.807) is 0 Å². The summed E-state index contributed by atoms with van der Waals surface area (Å²) in [5.41, 5.74) is 2.53. The predicted molar refractivity (Wildman–Crippen MR) is 79.5 cm³/mol. The fraction of sp³-hybridized carbons (Fsp3) is 0.667. The summed E-state index contributed by atoms with van der Waals surface area (Å²) in [5.74, 6) is -1.14.